The summed E-state index contributed by atoms with van der Waals surface area (Å²) in [5.74, 6) is -3.04. The van der Waals surface area contributed by atoms with Crippen molar-refractivity contribution in [1.29, 1.82) is 5.41 Å². The first-order valence-electron chi connectivity index (χ1n) is 8.80. The molecule has 0 saturated heterocycles. The third kappa shape index (κ3) is 6.01. The quantitative estimate of drug-likeness (QED) is 0.390. The minimum Gasteiger partial charge on any atom is -0.494 e. The first kappa shape index (κ1) is 23.3. The number of anilines is 1. The van der Waals surface area contributed by atoms with E-state index in [2.05, 4.69) is 20.6 Å². The van der Waals surface area contributed by atoms with Gasteiger partial charge in [0, 0.05) is 18.5 Å². The van der Waals surface area contributed by atoms with Gasteiger partial charge in [0.05, 0.1) is 37.9 Å². The zero-order valence-corrected chi connectivity index (χ0v) is 16.9. The number of nitrogens with one attached hydrogen (secondary N) is 3. The highest BCUT2D eigenvalue weighted by Crippen LogP contribution is 2.31. The van der Waals surface area contributed by atoms with E-state index in [0.29, 0.717) is 0 Å². The number of allylic oxidation sites excluding steroid dienone is 1. The number of benzene rings is 1. The molecule has 0 amide bonds. The molecule has 166 valence electrons. The Balaban J connectivity index is 2.07. The van der Waals surface area contributed by atoms with Crippen molar-refractivity contribution in [3.63, 3.8) is 0 Å². The van der Waals surface area contributed by atoms with E-state index in [1.165, 1.54) is 39.7 Å². The number of aliphatic carboxylic acids is 1. The van der Waals surface area contributed by atoms with Gasteiger partial charge in [-0.2, -0.15) is 0 Å². The summed E-state index contributed by atoms with van der Waals surface area (Å²) in [5, 5.41) is 21.5. The predicted octanol–water partition coefficient (Wildman–Crippen LogP) is 2.32. The molecule has 31 heavy (non-hydrogen) atoms. The van der Waals surface area contributed by atoms with Crippen LogP contribution in [0.25, 0.3) is 0 Å². The lowest BCUT2D eigenvalue weighted by molar-refractivity contribution is -0.138. The van der Waals surface area contributed by atoms with Crippen LogP contribution in [-0.2, 0) is 11.4 Å². The van der Waals surface area contributed by atoms with Crippen molar-refractivity contribution in [2.45, 2.75) is 19.6 Å². The van der Waals surface area contributed by atoms with Crippen LogP contribution in [0.4, 0.5) is 14.7 Å². The third-order valence-electron chi connectivity index (χ3n) is 3.95. The van der Waals surface area contributed by atoms with Crippen LogP contribution in [0, 0.1) is 17.0 Å². The number of aromatic nitrogens is 2. The maximum Gasteiger partial charge on any atom is 0.325 e. The summed E-state index contributed by atoms with van der Waals surface area (Å²) in [6.07, 6.45) is 4.76. The van der Waals surface area contributed by atoms with Crippen molar-refractivity contribution in [3.05, 3.63) is 47.6 Å². The summed E-state index contributed by atoms with van der Waals surface area (Å²) in [4.78, 5) is 18.8. The van der Waals surface area contributed by atoms with E-state index >= 15 is 0 Å². The lowest BCUT2D eigenvalue weighted by Crippen LogP contribution is -2.30. The largest absolute Gasteiger partial charge is 0.494 e. The molecule has 1 aromatic heterocycles. The zero-order chi connectivity index (χ0) is 23.0. The van der Waals surface area contributed by atoms with Gasteiger partial charge in [-0.1, -0.05) is 0 Å². The second kappa shape index (κ2) is 10.7. The molecule has 2 aromatic rings. The smallest absolute Gasteiger partial charge is 0.325 e. The molecule has 10 nitrogen and oxygen atoms in total. The molecule has 2 rings (SSSR count). The molecule has 0 fully saturated rings. The monoisotopic (exact) mass is 437 g/mol. The average Bonchev–Trinajstić information content (AvgIpc) is 2.77. The van der Waals surface area contributed by atoms with Crippen LogP contribution in [-0.4, -0.2) is 47.5 Å². The van der Waals surface area contributed by atoms with Gasteiger partial charge in [0.1, 0.15) is 12.6 Å². The Morgan fingerprint density at radius 3 is 2.29 bits per heavy atom. The molecular weight excluding hydrogens is 416 g/mol. The summed E-state index contributed by atoms with van der Waals surface area (Å²) in [6.45, 7) is 0.969. The number of methoxy groups -OCH3 is 2. The molecule has 0 radical (unpaired) electrons. The minimum atomic E-state index is -1.06. The standard InChI is InChI=1S/C19H21F2N5O5/c1-10(18(27)28)23-6-11(5-22)26-19-24-7-12(8-25-19)31-9-13-16(20)14(29-2)4-15(30-3)17(13)21/h4-8,10,22-23H,9H2,1-3H3,(H,27,28)(H,24,25,26)/b11-6+,22-5?. The average molecular weight is 437 g/mol. The Hall–Kier alpha value is -3.96. The van der Waals surface area contributed by atoms with Crippen molar-refractivity contribution in [3.8, 4) is 17.2 Å². The molecule has 0 spiro atoms. The first-order chi connectivity index (χ1) is 14.8. The van der Waals surface area contributed by atoms with Crippen LogP contribution >= 0.6 is 0 Å². The van der Waals surface area contributed by atoms with E-state index in [1.807, 2.05) is 0 Å². The molecular formula is C19H21F2N5O5. The summed E-state index contributed by atoms with van der Waals surface area (Å²) in [7, 11) is 2.49. The summed E-state index contributed by atoms with van der Waals surface area (Å²) in [5.41, 5.74) is -0.180. The van der Waals surface area contributed by atoms with Crippen LogP contribution in [0.2, 0.25) is 0 Å². The van der Waals surface area contributed by atoms with Gasteiger partial charge >= 0.3 is 5.97 Å². The Labute approximate surface area is 176 Å². The van der Waals surface area contributed by atoms with E-state index in [1.54, 1.807) is 0 Å². The molecule has 1 heterocycles. The van der Waals surface area contributed by atoms with Gasteiger partial charge in [-0.3, -0.25) is 4.79 Å². The van der Waals surface area contributed by atoms with E-state index in [9.17, 15) is 13.6 Å². The number of hydrogen-bond donors (Lipinski definition) is 4. The molecule has 1 unspecified atom stereocenters. The Morgan fingerprint density at radius 2 is 1.81 bits per heavy atom. The highest BCUT2D eigenvalue weighted by atomic mass is 19.1. The highest BCUT2D eigenvalue weighted by molar-refractivity contribution is 5.80. The third-order valence-corrected chi connectivity index (χ3v) is 3.95. The second-order valence-corrected chi connectivity index (χ2v) is 6.01. The fourth-order valence-electron chi connectivity index (χ4n) is 2.20. The topological polar surface area (TPSA) is 139 Å². The lowest BCUT2D eigenvalue weighted by atomic mass is 10.1. The van der Waals surface area contributed by atoms with Crippen LogP contribution < -0.4 is 24.8 Å². The maximum atomic E-state index is 14.4. The number of carbonyl (C=O) groups is 1. The van der Waals surface area contributed by atoms with Crippen molar-refractivity contribution >= 4 is 18.1 Å². The predicted molar refractivity (Wildman–Crippen MR) is 107 cm³/mol. The summed E-state index contributed by atoms with van der Waals surface area (Å²) in [6, 6.07) is 0.238. The number of hydrogen-bond acceptors (Lipinski definition) is 9. The SMILES string of the molecule is COc1cc(OC)c(F)c(COc2cnc(N/C(C=N)=C/NC(C)C(=O)O)nc2)c1F. The van der Waals surface area contributed by atoms with Crippen LogP contribution in [0.15, 0.2) is 30.4 Å². The van der Waals surface area contributed by atoms with E-state index in [-0.39, 0.29) is 34.5 Å². The van der Waals surface area contributed by atoms with Crippen LogP contribution in [0.1, 0.15) is 12.5 Å². The van der Waals surface area contributed by atoms with Gasteiger partial charge in [0.2, 0.25) is 5.95 Å². The zero-order valence-electron chi connectivity index (χ0n) is 16.9. The molecule has 4 N–H and O–H groups in total. The fourth-order valence-corrected chi connectivity index (χ4v) is 2.20. The van der Waals surface area contributed by atoms with Gasteiger partial charge in [-0.25, -0.2) is 18.7 Å². The van der Waals surface area contributed by atoms with Crippen molar-refractivity contribution < 1.29 is 32.9 Å². The first-order valence-corrected chi connectivity index (χ1v) is 8.80. The molecule has 0 aliphatic rings. The van der Waals surface area contributed by atoms with E-state index in [4.69, 9.17) is 24.7 Å². The van der Waals surface area contributed by atoms with E-state index < -0.39 is 30.3 Å². The second-order valence-electron chi connectivity index (χ2n) is 6.01. The molecule has 0 aliphatic heterocycles. The molecule has 1 atom stereocenters. The molecule has 12 heteroatoms. The van der Waals surface area contributed by atoms with Crippen LogP contribution in [0.5, 0.6) is 17.2 Å². The van der Waals surface area contributed by atoms with Gasteiger partial charge in [0.25, 0.3) is 0 Å². The fraction of sp³-hybridized carbons (Fsp3) is 0.263. The molecule has 0 bridgehead atoms. The number of rotatable bonds is 11. The van der Waals surface area contributed by atoms with Crippen molar-refractivity contribution in [2.24, 2.45) is 0 Å². The molecule has 1 aromatic carbocycles. The normalized spacial score (nSPS) is 12.0. The van der Waals surface area contributed by atoms with Gasteiger partial charge in [-0.05, 0) is 6.92 Å². The number of halogens is 2. The Morgan fingerprint density at radius 1 is 1.23 bits per heavy atom. The Bertz CT molecular complexity index is 941. The van der Waals surface area contributed by atoms with E-state index in [0.717, 1.165) is 12.3 Å². The van der Waals surface area contributed by atoms with Crippen molar-refractivity contribution in [1.82, 2.24) is 15.3 Å². The highest BCUT2D eigenvalue weighted by Gasteiger charge is 2.20. The molecule has 0 aliphatic carbocycles. The maximum absolute atomic E-state index is 14.4. The number of nitrogens with zero attached hydrogens (tertiary/aromatic N) is 2. The number of carboxylic acids is 1. The van der Waals surface area contributed by atoms with Crippen LogP contribution in [0.3, 0.4) is 0 Å². The number of ether oxygens (including phenoxy) is 3. The summed E-state index contributed by atoms with van der Waals surface area (Å²) < 4.78 is 43.8. The van der Waals surface area contributed by atoms with Crippen molar-refractivity contribution in [2.75, 3.05) is 19.5 Å². The van der Waals surface area contributed by atoms with Gasteiger partial charge < -0.3 is 35.4 Å². The lowest BCUT2D eigenvalue weighted by Gasteiger charge is -2.13. The molecule has 0 saturated carbocycles. The number of carboxylic acid groups (broad SMARTS) is 1. The Kier molecular flexibility index (Phi) is 8.06. The minimum absolute atomic E-state index is 0.0901. The summed E-state index contributed by atoms with van der Waals surface area (Å²) >= 11 is 0. The van der Waals surface area contributed by atoms with Gasteiger partial charge in [0.15, 0.2) is 28.9 Å². The van der Waals surface area contributed by atoms with Gasteiger partial charge in [-0.15, -0.1) is 0 Å².